The van der Waals surface area contributed by atoms with E-state index in [0.29, 0.717) is 5.88 Å². The van der Waals surface area contributed by atoms with Gasteiger partial charge in [-0.2, -0.15) is 0 Å². The van der Waals surface area contributed by atoms with Crippen LogP contribution in [-0.4, -0.2) is 5.16 Å². The fourth-order valence-electron chi connectivity index (χ4n) is 1.95. The van der Waals surface area contributed by atoms with Crippen LogP contribution in [0.5, 0.6) is 0 Å². The summed E-state index contributed by atoms with van der Waals surface area (Å²) in [5, 5.41) is 4.05. The molecule has 0 bridgehead atoms. The number of benzene rings is 1. The van der Waals surface area contributed by atoms with Crippen molar-refractivity contribution in [2.75, 3.05) is 5.73 Å². The van der Waals surface area contributed by atoms with Crippen molar-refractivity contribution in [3.05, 3.63) is 34.9 Å². The molecule has 0 radical (unpaired) electrons. The van der Waals surface area contributed by atoms with Crippen LogP contribution in [0.2, 0.25) is 0 Å². The molecule has 0 saturated carbocycles. The molecule has 0 spiro atoms. The highest BCUT2D eigenvalue weighted by Crippen LogP contribution is 2.30. The Morgan fingerprint density at radius 2 is 2.06 bits per heavy atom. The molecule has 0 saturated heterocycles. The van der Waals surface area contributed by atoms with Crippen LogP contribution in [0.1, 0.15) is 23.6 Å². The van der Waals surface area contributed by atoms with Crippen molar-refractivity contribution in [2.45, 2.75) is 27.2 Å². The van der Waals surface area contributed by atoms with Crippen LogP contribution >= 0.6 is 0 Å². The van der Waals surface area contributed by atoms with Crippen LogP contribution in [0.15, 0.2) is 22.7 Å². The molecule has 0 atom stereocenters. The summed E-state index contributed by atoms with van der Waals surface area (Å²) >= 11 is 0. The highest BCUT2D eigenvalue weighted by atomic mass is 16.5. The molecule has 1 aromatic heterocycles. The SMILES string of the molecule is CCc1c(-c2ccc(C)cc2C)noc1N. The summed E-state index contributed by atoms with van der Waals surface area (Å²) < 4.78 is 5.05. The second-order valence-electron chi connectivity index (χ2n) is 4.05. The van der Waals surface area contributed by atoms with Crippen molar-refractivity contribution in [3.63, 3.8) is 0 Å². The number of hydrogen-bond donors (Lipinski definition) is 1. The summed E-state index contributed by atoms with van der Waals surface area (Å²) in [6, 6.07) is 6.29. The maximum Gasteiger partial charge on any atom is 0.225 e. The standard InChI is InChI=1S/C13H16N2O/c1-4-10-12(15-16-13(10)14)11-6-5-8(2)7-9(11)3/h5-7H,4,14H2,1-3H3. The molecule has 0 amide bonds. The Hall–Kier alpha value is -1.77. The Bertz CT molecular complexity index is 515. The molecule has 2 rings (SSSR count). The fraction of sp³-hybridized carbons (Fsp3) is 0.308. The second-order valence-corrected chi connectivity index (χ2v) is 4.05. The Morgan fingerprint density at radius 1 is 1.31 bits per heavy atom. The first kappa shape index (κ1) is 10.7. The normalized spacial score (nSPS) is 10.7. The zero-order valence-corrected chi connectivity index (χ0v) is 9.87. The van der Waals surface area contributed by atoms with Gasteiger partial charge in [-0.3, -0.25) is 0 Å². The number of aromatic nitrogens is 1. The lowest BCUT2D eigenvalue weighted by atomic mass is 9.99. The van der Waals surface area contributed by atoms with E-state index in [-0.39, 0.29) is 0 Å². The highest BCUT2D eigenvalue weighted by molar-refractivity contribution is 5.70. The van der Waals surface area contributed by atoms with E-state index in [1.54, 1.807) is 0 Å². The van der Waals surface area contributed by atoms with Gasteiger partial charge in [-0.15, -0.1) is 0 Å². The molecular formula is C13H16N2O. The monoisotopic (exact) mass is 216 g/mol. The molecular weight excluding hydrogens is 200 g/mol. The van der Waals surface area contributed by atoms with E-state index in [1.807, 2.05) is 0 Å². The van der Waals surface area contributed by atoms with E-state index >= 15 is 0 Å². The number of hydrogen-bond acceptors (Lipinski definition) is 3. The van der Waals surface area contributed by atoms with Gasteiger partial charge in [0.05, 0.1) is 0 Å². The summed E-state index contributed by atoms with van der Waals surface area (Å²) in [6.45, 7) is 6.21. The molecule has 2 aromatic rings. The molecule has 0 fully saturated rings. The molecule has 0 aliphatic carbocycles. The smallest absolute Gasteiger partial charge is 0.225 e. The topological polar surface area (TPSA) is 52.0 Å². The maximum absolute atomic E-state index is 5.74. The van der Waals surface area contributed by atoms with Crippen LogP contribution in [0.3, 0.4) is 0 Å². The van der Waals surface area contributed by atoms with Gasteiger partial charge in [0.15, 0.2) is 0 Å². The number of nitrogens with zero attached hydrogens (tertiary/aromatic N) is 1. The van der Waals surface area contributed by atoms with E-state index in [4.69, 9.17) is 10.3 Å². The zero-order chi connectivity index (χ0) is 11.7. The Balaban J connectivity index is 2.58. The molecule has 3 nitrogen and oxygen atoms in total. The molecule has 84 valence electrons. The molecule has 0 aliphatic heterocycles. The number of nitrogens with two attached hydrogens (primary N) is 1. The van der Waals surface area contributed by atoms with Crippen LogP contribution in [0.25, 0.3) is 11.3 Å². The van der Waals surface area contributed by atoms with Crippen molar-refractivity contribution in [1.29, 1.82) is 0 Å². The number of aryl methyl sites for hydroxylation is 2. The zero-order valence-electron chi connectivity index (χ0n) is 9.87. The average Bonchev–Trinajstić information content (AvgIpc) is 2.59. The van der Waals surface area contributed by atoms with Gasteiger partial charge in [-0.1, -0.05) is 35.8 Å². The third kappa shape index (κ3) is 1.69. The van der Waals surface area contributed by atoms with Gasteiger partial charge in [0, 0.05) is 11.1 Å². The minimum Gasteiger partial charge on any atom is -0.367 e. The molecule has 16 heavy (non-hydrogen) atoms. The van der Waals surface area contributed by atoms with Gasteiger partial charge >= 0.3 is 0 Å². The first-order valence-electron chi connectivity index (χ1n) is 5.45. The maximum atomic E-state index is 5.74. The number of nitrogen functional groups attached to an aromatic ring is 1. The van der Waals surface area contributed by atoms with Crippen molar-refractivity contribution in [2.24, 2.45) is 0 Å². The van der Waals surface area contributed by atoms with Crippen LogP contribution in [0, 0.1) is 13.8 Å². The van der Waals surface area contributed by atoms with E-state index in [2.05, 4.69) is 44.1 Å². The van der Waals surface area contributed by atoms with Crippen molar-refractivity contribution in [3.8, 4) is 11.3 Å². The van der Waals surface area contributed by atoms with E-state index in [9.17, 15) is 0 Å². The summed E-state index contributed by atoms with van der Waals surface area (Å²) in [4.78, 5) is 0. The summed E-state index contributed by atoms with van der Waals surface area (Å²) in [6.07, 6.45) is 0.831. The predicted molar refractivity (Wildman–Crippen MR) is 65.2 cm³/mol. The van der Waals surface area contributed by atoms with Gasteiger partial charge in [-0.25, -0.2) is 0 Å². The first-order chi connectivity index (χ1) is 7.63. The largest absolute Gasteiger partial charge is 0.367 e. The van der Waals surface area contributed by atoms with Gasteiger partial charge in [0.1, 0.15) is 5.69 Å². The molecule has 0 aliphatic rings. The van der Waals surface area contributed by atoms with E-state index < -0.39 is 0 Å². The summed E-state index contributed by atoms with van der Waals surface area (Å²) in [7, 11) is 0. The molecule has 1 aromatic carbocycles. The lowest BCUT2D eigenvalue weighted by Crippen LogP contribution is -1.92. The third-order valence-electron chi connectivity index (χ3n) is 2.81. The summed E-state index contributed by atoms with van der Waals surface area (Å²) in [5.41, 5.74) is 11.1. The van der Waals surface area contributed by atoms with Gasteiger partial charge in [0.2, 0.25) is 5.88 Å². The molecule has 1 heterocycles. The Morgan fingerprint density at radius 3 is 2.69 bits per heavy atom. The highest BCUT2D eigenvalue weighted by Gasteiger charge is 2.15. The first-order valence-corrected chi connectivity index (χ1v) is 5.45. The number of anilines is 1. The minimum absolute atomic E-state index is 0.428. The van der Waals surface area contributed by atoms with Gasteiger partial charge in [0.25, 0.3) is 0 Å². The lowest BCUT2D eigenvalue weighted by molar-refractivity contribution is 0.438. The van der Waals surface area contributed by atoms with Crippen LogP contribution in [0.4, 0.5) is 5.88 Å². The van der Waals surface area contributed by atoms with Crippen molar-refractivity contribution >= 4 is 5.88 Å². The minimum atomic E-state index is 0.428. The van der Waals surface area contributed by atoms with Gasteiger partial charge < -0.3 is 10.3 Å². The van der Waals surface area contributed by atoms with E-state index in [1.165, 1.54) is 11.1 Å². The molecule has 0 unspecified atom stereocenters. The third-order valence-corrected chi connectivity index (χ3v) is 2.81. The van der Waals surface area contributed by atoms with E-state index in [0.717, 1.165) is 23.2 Å². The van der Waals surface area contributed by atoms with Crippen molar-refractivity contribution < 1.29 is 4.52 Å². The van der Waals surface area contributed by atoms with Gasteiger partial charge in [-0.05, 0) is 25.8 Å². The fourth-order valence-corrected chi connectivity index (χ4v) is 1.95. The Kier molecular flexibility index (Phi) is 2.69. The summed E-state index contributed by atoms with van der Waals surface area (Å²) in [5.74, 6) is 0.428. The quantitative estimate of drug-likeness (QED) is 0.839. The molecule has 3 heteroatoms. The molecule has 2 N–H and O–H groups in total. The van der Waals surface area contributed by atoms with Crippen LogP contribution < -0.4 is 5.73 Å². The van der Waals surface area contributed by atoms with Crippen LogP contribution in [-0.2, 0) is 6.42 Å². The predicted octanol–water partition coefficient (Wildman–Crippen LogP) is 3.10. The lowest BCUT2D eigenvalue weighted by Gasteiger charge is -2.05. The van der Waals surface area contributed by atoms with Crippen molar-refractivity contribution in [1.82, 2.24) is 5.16 Å². The Labute approximate surface area is 95.3 Å². The number of rotatable bonds is 2. The second kappa shape index (κ2) is 4.00. The average molecular weight is 216 g/mol.